The number of hydrogen-bond acceptors (Lipinski definition) is 9. The molecule has 188 valence electrons. The number of aliphatic hydroxyl groups is 1. The van der Waals surface area contributed by atoms with Crippen molar-refractivity contribution in [3.63, 3.8) is 0 Å². The van der Waals surface area contributed by atoms with Gasteiger partial charge in [0.05, 0.1) is 34.9 Å². The van der Waals surface area contributed by atoms with Crippen LogP contribution in [0.1, 0.15) is 31.2 Å². The van der Waals surface area contributed by atoms with Crippen molar-refractivity contribution in [1.29, 1.82) is 0 Å². The molecular formula is C25H27N5O5S. The van der Waals surface area contributed by atoms with E-state index >= 15 is 0 Å². The molecule has 0 aromatic carbocycles. The molecule has 0 radical (unpaired) electrons. The smallest absolute Gasteiger partial charge is 0.414 e. The number of nitrogens with zero attached hydrogens (tertiary/aromatic N) is 3. The molecule has 3 aromatic heterocycles. The Balaban J connectivity index is 1.13. The van der Waals surface area contributed by atoms with E-state index in [1.807, 2.05) is 12.1 Å². The third-order valence-corrected chi connectivity index (χ3v) is 7.61. The van der Waals surface area contributed by atoms with Crippen molar-refractivity contribution in [2.24, 2.45) is 5.92 Å². The van der Waals surface area contributed by atoms with Gasteiger partial charge in [-0.2, -0.15) is 4.98 Å². The van der Waals surface area contributed by atoms with Crippen LogP contribution < -0.4 is 20.1 Å². The van der Waals surface area contributed by atoms with Crippen LogP contribution in [-0.2, 0) is 11.2 Å². The van der Waals surface area contributed by atoms with Gasteiger partial charge >= 0.3 is 6.09 Å². The summed E-state index contributed by atoms with van der Waals surface area (Å²) in [6.07, 6.45) is 4.15. The molecule has 11 heteroatoms. The molecule has 2 amide bonds. The van der Waals surface area contributed by atoms with E-state index in [0.29, 0.717) is 23.9 Å². The molecule has 1 atom stereocenters. The molecule has 4 heterocycles. The third kappa shape index (κ3) is 5.52. The molecule has 0 spiro atoms. The molecule has 1 fully saturated rings. The number of aromatic nitrogens is 3. The standard InChI is InChI=1S/C25H27N5O5S/c1-34-21-8-6-17-23(29-21)15(10-11-26-17)12-18(31)14-2-4-16(5-3-14)27-25(33)35-22-9-7-19-24(30-22)28-20(32)13-36-19/h6-11,14,16,18,31H,2-5,12-13H2,1H3,(H,27,33)(H,28,30,32)/t14-,16-,18-/m0/s1. The number of pyridine rings is 3. The Morgan fingerprint density at radius 1 is 1.17 bits per heavy atom. The number of nitrogens with one attached hydrogen (secondary N) is 2. The lowest BCUT2D eigenvalue weighted by Gasteiger charge is -2.31. The minimum Gasteiger partial charge on any atom is -0.481 e. The first-order valence-electron chi connectivity index (χ1n) is 11.9. The van der Waals surface area contributed by atoms with Crippen LogP contribution in [0.4, 0.5) is 10.6 Å². The fourth-order valence-corrected chi connectivity index (χ4v) is 5.43. The van der Waals surface area contributed by atoms with Gasteiger partial charge in [0, 0.05) is 30.8 Å². The number of rotatable bonds is 6. The minimum atomic E-state index is -0.579. The number of hydrogen-bond donors (Lipinski definition) is 3. The molecule has 0 saturated heterocycles. The number of carbonyl (C=O) groups excluding carboxylic acids is 2. The van der Waals surface area contributed by atoms with Gasteiger partial charge in [-0.15, -0.1) is 11.8 Å². The first kappa shape index (κ1) is 24.3. The lowest BCUT2D eigenvalue weighted by atomic mass is 9.81. The van der Waals surface area contributed by atoms with E-state index in [4.69, 9.17) is 9.47 Å². The third-order valence-electron chi connectivity index (χ3n) is 6.56. The van der Waals surface area contributed by atoms with E-state index in [9.17, 15) is 14.7 Å². The highest BCUT2D eigenvalue weighted by Gasteiger charge is 2.28. The molecule has 5 rings (SSSR count). The highest BCUT2D eigenvalue weighted by Crippen LogP contribution is 2.32. The summed E-state index contributed by atoms with van der Waals surface area (Å²) in [6.45, 7) is 0. The Labute approximate surface area is 212 Å². The summed E-state index contributed by atoms with van der Waals surface area (Å²) in [7, 11) is 1.57. The van der Waals surface area contributed by atoms with E-state index in [1.165, 1.54) is 11.8 Å². The number of thioether (sulfide) groups is 1. The molecule has 36 heavy (non-hydrogen) atoms. The summed E-state index contributed by atoms with van der Waals surface area (Å²) >= 11 is 1.39. The quantitative estimate of drug-likeness (QED) is 0.457. The molecule has 10 nitrogen and oxygen atoms in total. The molecule has 1 aliphatic carbocycles. The lowest BCUT2D eigenvalue weighted by molar-refractivity contribution is -0.113. The number of amides is 2. The van der Waals surface area contributed by atoms with Crippen molar-refractivity contribution in [2.45, 2.75) is 49.1 Å². The second-order valence-electron chi connectivity index (χ2n) is 8.94. The van der Waals surface area contributed by atoms with Gasteiger partial charge in [-0.25, -0.2) is 9.78 Å². The molecule has 1 aliphatic heterocycles. The van der Waals surface area contributed by atoms with Gasteiger partial charge in [0.15, 0.2) is 0 Å². The summed E-state index contributed by atoms with van der Waals surface area (Å²) < 4.78 is 10.6. The summed E-state index contributed by atoms with van der Waals surface area (Å²) in [4.78, 5) is 37.9. The Hall–Kier alpha value is -3.44. The number of fused-ring (bicyclic) bond motifs is 2. The van der Waals surface area contributed by atoms with Crippen LogP contribution in [0.3, 0.4) is 0 Å². The first-order chi connectivity index (χ1) is 17.5. The van der Waals surface area contributed by atoms with Gasteiger partial charge in [-0.05, 0) is 55.4 Å². The number of anilines is 1. The first-order valence-corrected chi connectivity index (χ1v) is 12.9. The molecule has 0 unspecified atom stereocenters. The van der Waals surface area contributed by atoms with E-state index in [0.717, 1.165) is 47.2 Å². The number of carbonyl (C=O) groups is 2. The zero-order valence-electron chi connectivity index (χ0n) is 19.8. The van der Waals surface area contributed by atoms with Crippen LogP contribution in [0.2, 0.25) is 0 Å². The van der Waals surface area contributed by atoms with Crippen LogP contribution >= 0.6 is 11.8 Å². The summed E-state index contributed by atoms with van der Waals surface area (Å²) in [5.74, 6) is 1.39. The number of ether oxygens (including phenoxy) is 2. The summed E-state index contributed by atoms with van der Waals surface area (Å²) in [6, 6.07) is 8.87. The van der Waals surface area contributed by atoms with E-state index < -0.39 is 12.2 Å². The molecular weight excluding hydrogens is 482 g/mol. The maximum Gasteiger partial charge on any atom is 0.414 e. The van der Waals surface area contributed by atoms with Crippen LogP contribution in [-0.4, -0.2) is 57.1 Å². The van der Waals surface area contributed by atoms with Crippen LogP contribution in [0.5, 0.6) is 11.8 Å². The predicted octanol–water partition coefficient (Wildman–Crippen LogP) is 3.33. The fourth-order valence-electron chi connectivity index (χ4n) is 4.67. The van der Waals surface area contributed by atoms with Crippen molar-refractivity contribution < 1.29 is 24.2 Å². The highest BCUT2D eigenvalue weighted by atomic mass is 32.2. The van der Waals surface area contributed by atoms with Crippen molar-refractivity contribution >= 4 is 40.6 Å². The van der Waals surface area contributed by atoms with Gasteiger partial charge in [-0.3, -0.25) is 9.78 Å². The van der Waals surface area contributed by atoms with Gasteiger partial charge in [0.2, 0.25) is 17.7 Å². The normalized spacial score (nSPS) is 20.2. The molecule has 2 aliphatic rings. The Bertz CT molecular complexity index is 1280. The second kappa shape index (κ2) is 10.7. The van der Waals surface area contributed by atoms with E-state index in [1.54, 1.807) is 31.5 Å². The van der Waals surface area contributed by atoms with Crippen molar-refractivity contribution in [1.82, 2.24) is 20.3 Å². The topological polar surface area (TPSA) is 136 Å². The predicted molar refractivity (Wildman–Crippen MR) is 134 cm³/mol. The molecule has 3 aromatic rings. The van der Waals surface area contributed by atoms with Gasteiger partial charge in [-0.1, -0.05) is 0 Å². The Kier molecular flexibility index (Phi) is 7.19. The highest BCUT2D eigenvalue weighted by molar-refractivity contribution is 8.00. The zero-order chi connectivity index (χ0) is 25.1. The maximum atomic E-state index is 12.4. The summed E-state index contributed by atoms with van der Waals surface area (Å²) in [5, 5.41) is 16.5. The van der Waals surface area contributed by atoms with Crippen molar-refractivity contribution in [2.75, 3.05) is 18.2 Å². The Morgan fingerprint density at radius 3 is 2.78 bits per heavy atom. The minimum absolute atomic E-state index is 0.0403. The van der Waals surface area contributed by atoms with Gasteiger partial charge in [0.1, 0.15) is 5.82 Å². The van der Waals surface area contributed by atoms with Crippen LogP contribution in [0, 0.1) is 5.92 Å². The van der Waals surface area contributed by atoms with Crippen LogP contribution in [0.15, 0.2) is 41.4 Å². The van der Waals surface area contributed by atoms with E-state index in [2.05, 4.69) is 25.6 Å². The maximum absolute atomic E-state index is 12.4. The number of aliphatic hydroxyl groups excluding tert-OH is 1. The molecule has 3 N–H and O–H groups in total. The zero-order valence-corrected chi connectivity index (χ0v) is 20.6. The lowest BCUT2D eigenvalue weighted by Crippen LogP contribution is -2.41. The Morgan fingerprint density at radius 2 is 1.97 bits per heavy atom. The summed E-state index contributed by atoms with van der Waals surface area (Å²) in [5.41, 5.74) is 2.44. The average Bonchev–Trinajstić information content (AvgIpc) is 2.88. The monoisotopic (exact) mass is 509 g/mol. The van der Waals surface area contributed by atoms with E-state index in [-0.39, 0.29) is 23.7 Å². The van der Waals surface area contributed by atoms with Crippen molar-refractivity contribution in [3.05, 3.63) is 42.1 Å². The van der Waals surface area contributed by atoms with Crippen molar-refractivity contribution in [3.8, 4) is 11.8 Å². The largest absolute Gasteiger partial charge is 0.481 e. The van der Waals surface area contributed by atoms with Gasteiger partial charge in [0.25, 0.3) is 0 Å². The SMILES string of the molecule is COc1ccc2nccc(C[C@H](O)[C@H]3CC[C@H](NC(=O)Oc4ccc5c(n4)NC(=O)CS5)CC3)c2n1. The molecule has 0 bridgehead atoms. The van der Waals surface area contributed by atoms with Crippen LogP contribution in [0.25, 0.3) is 11.0 Å². The number of methoxy groups -OCH3 is 1. The fraction of sp³-hybridized carbons (Fsp3) is 0.400. The average molecular weight is 510 g/mol. The second-order valence-corrected chi connectivity index (χ2v) is 9.96. The van der Waals surface area contributed by atoms with Gasteiger partial charge < -0.3 is 25.2 Å². The molecule has 1 saturated carbocycles.